The second-order valence-corrected chi connectivity index (χ2v) is 8.69. The van der Waals surface area contributed by atoms with Crippen molar-refractivity contribution in [2.75, 3.05) is 26.8 Å². The van der Waals surface area contributed by atoms with Crippen molar-refractivity contribution >= 4 is 38.9 Å². The molecule has 0 atom stereocenters. The smallest absolute Gasteiger partial charge is 0.332 e. The number of aryl methyl sites for hydroxylation is 1. The van der Waals surface area contributed by atoms with Crippen molar-refractivity contribution in [2.45, 2.75) is 40.4 Å². The zero-order valence-electron chi connectivity index (χ0n) is 16.2. The fraction of sp³-hybridized carbons (Fsp3) is 0.611. The second-order valence-electron chi connectivity index (χ2n) is 7.22. The Labute approximate surface area is 167 Å². The Morgan fingerprint density at radius 3 is 2.63 bits per heavy atom. The first-order chi connectivity index (χ1) is 12.8. The minimum atomic E-state index is -0.260. The molecular weight excluding hydrogens is 384 g/mol. The molecule has 7 nitrogen and oxygen atoms in total. The molecule has 1 aliphatic rings. The third kappa shape index (κ3) is 3.81. The molecule has 0 bridgehead atoms. The van der Waals surface area contributed by atoms with E-state index in [1.54, 1.807) is 11.7 Å². The van der Waals surface area contributed by atoms with Crippen molar-refractivity contribution in [1.29, 1.82) is 0 Å². The van der Waals surface area contributed by atoms with Crippen LogP contribution in [0.3, 0.4) is 0 Å². The number of thiophene rings is 1. The zero-order valence-corrected chi connectivity index (χ0v) is 17.8. The van der Waals surface area contributed by atoms with Gasteiger partial charge in [-0.05, 0) is 30.6 Å². The van der Waals surface area contributed by atoms with E-state index >= 15 is 0 Å². The van der Waals surface area contributed by atoms with Crippen LogP contribution in [0.2, 0.25) is 0 Å². The van der Waals surface area contributed by atoms with Gasteiger partial charge >= 0.3 is 5.69 Å². The van der Waals surface area contributed by atoms with Crippen molar-refractivity contribution in [1.82, 2.24) is 19.4 Å². The van der Waals surface area contributed by atoms with Gasteiger partial charge in [0.15, 0.2) is 5.11 Å². The molecule has 3 rings (SSSR count). The summed E-state index contributed by atoms with van der Waals surface area (Å²) in [6.45, 7) is 9.56. The Hall–Kier alpha value is -1.71. The molecule has 0 aliphatic carbocycles. The van der Waals surface area contributed by atoms with Gasteiger partial charge in [0, 0.05) is 31.6 Å². The number of thiocarbonyl (C=S) groups is 1. The lowest BCUT2D eigenvalue weighted by Crippen LogP contribution is -2.41. The SMILES string of the molecule is COCCn1c(=O)n(CC(C)C)c(=O)c2c(C)c(CN3CCNC3=S)sc21. The fourth-order valence-electron chi connectivity index (χ4n) is 3.33. The summed E-state index contributed by atoms with van der Waals surface area (Å²) in [5.74, 6) is 0.204. The van der Waals surface area contributed by atoms with Crippen LogP contribution in [0.1, 0.15) is 24.3 Å². The van der Waals surface area contributed by atoms with Crippen LogP contribution in [0, 0.1) is 12.8 Å². The van der Waals surface area contributed by atoms with Crippen molar-refractivity contribution in [2.24, 2.45) is 5.92 Å². The number of fused-ring (bicyclic) bond motifs is 1. The number of nitrogens with zero attached hydrogens (tertiary/aromatic N) is 3. The Kier molecular flexibility index (Phi) is 6.02. The summed E-state index contributed by atoms with van der Waals surface area (Å²) in [6, 6.07) is 0. The van der Waals surface area contributed by atoms with Crippen LogP contribution in [0.15, 0.2) is 9.59 Å². The molecule has 2 aromatic heterocycles. The lowest BCUT2D eigenvalue weighted by atomic mass is 10.2. The van der Waals surface area contributed by atoms with E-state index in [-0.39, 0.29) is 17.2 Å². The van der Waals surface area contributed by atoms with E-state index in [2.05, 4.69) is 10.2 Å². The molecule has 3 heterocycles. The Morgan fingerprint density at radius 1 is 1.30 bits per heavy atom. The van der Waals surface area contributed by atoms with E-state index in [4.69, 9.17) is 17.0 Å². The largest absolute Gasteiger partial charge is 0.383 e. The summed E-state index contributed by atoms with van der Waals surface area (Å²) in [5.41, 5.74) is 0.488. The maximum absolute atomic E-state index is 13.1. The topological polar surface area (TPSA) is 68.5 Å². The van der Waals surface area contributed by atoms with Gasteiger partial charge in [-0.3, -0.25) is 13.9 Å². The van der Waals surface area contributed by atoms with Crippen LogP contribution >= 0.6 is 23.6 Å². The number of hydrogen-bond acceptors (Lipinski definition) is 5. The summed E-state index contributed by atoms with van der Waals surface area (Å²) in [5, 5.41) is 4.54. The summed E-state index contributed by atoms with van der Waals surface area (Å²) < 4.78 is 8.24. The monoisotopic (exact) mass is 410 g/mol. The highest BCUT2D eigenvalue weighted by atomic mass is 32.1. The molecular formula is C18H26N4O3S2. The molecule has 1 N–H and O–H groups in total. The lowest BCUT2D eigenvalue weighted by molar-refractivity contribution is 0.186. The third-order valence-corrected chi connectivity index (χ3v) is 6.44. The van der Waals surface area contributed by atoms with E-state index < -0.39 is 0 Å². The number of nitrogens with one attached hydrogen (secondary N) is 1. The molecule has 9 heteroatoms. The van der Waals surface area contributed by atoms with Gasteiger partial charge in [0.1, 0.15) is 4.83 Å². The first kappa shape index (κ1) is 20.0. The molecule has 1 aliphatic heterocycles. The average Bonchev–Trinajstić information content (AvgIpc) is 3.16. The van der Waals surface area contributed by atoms with Gasteiger partial charge in [-0.15, -0.1) is 11.3 Å². The van der Waals surface area contributed by atoms with Gasteiger partial charge < -0.3 is 15.0 Å². The average molecular weight is 411 g/mol. The molecule has 148 valence electrons. The van der Waals surface area contributed by atoms with Crippen molar-refractivity contribution in [3.8, 4) is 0 Å². The van der Waals surface area contributed by atoms with E-state index in [1.165, 1.54) is 15.9 Å². The van der Waals surface area contributed by atoms with E-state index in [1.807, 2.05) is 20.8 Å². The molecule has 27 heavy (non-hydrogen) atoms. The van der Waals surface area contributed by atoms with Crippen molar-refractivity contribution in [3.63, 3.8) is 0 Å². The van der Waals surface area contributed by atoms with Crippen molar-refractivity contribution < 1.29 is 4.74 Å². The summed E-state index contributed by atoms with van der Waals surface area (Å²) >= 11 is 6.85. The van der Waals surface area contributed by atoms with Gasteiger partial charge in [-0.2, -0.15) is 0 Å². The van der Waals surface area contributed by atoms with E-state index in [0.717, 1.165) is 33.5 Å². The highest BCUT2D eigenvalue weighted by molar-refractivity contribution is 7.80. The number of hydrogen-bond donors (Lipinski definition) is 1. The minimum Gasteiger partial charge on any atom is -0.383 e. The molecule has 2 aromatic rings. The van der Waals surface area contributed by atoms with Gasteiger partial charge in [0.25, 0.3) is 5.56 Å². The number of methoxy groups -OCH3 is 1. The van der Waals surface area contributed by atoms with Crippen LogP contribution in [0.4, 0.5) is 0 Å². The van der Waals surface area contributed by atoms with Crippen molar-refractivity contribution in [3.05, 3.63) is 31.3 Å². The fourth-order valence-corrected chi connectivity index (χ4v) is 4.92. The standard InChI is InChI=1S/C18H26N4O3S2/c1-11(2)9-22-15(23)14-12(3)13(10-20-6-5-19-17(20)26)27-16(14)21(18(22)24)7-8-25-4/h11H,5-10H2,1-4H3,(H,19,26). The molecule has 1 saturated heterocycles. The van der Waals surface area contributed by atoms with Gasteiger partial charge in [-0.25, -0.2) is 4.79 Å². The first-order valence-corrected chi connectivity index (χ1v) is 10.3. The molecule has 0 amide bonds. The van der Waals surface area contributed by atoms with Crippen LogP contribution in [-0.2, 0) is 24.4 Å². The lowest BCUT2D eigenvalue weighted by Gasteiger charge is -2.15. The predicted octanol–water partition coefficient (Wildman–Crippen LogP) is 1.53. The van der Waals surface area contributed by atoms with Gasteiger partial charge in [0.05, 0.1) is 25.1 Å². The van der Waals surface area contributed by atoms with Gasteiger partial charge in [0.2, 0.25) is 0 Å². The highest BCUT2D eigenvalue weighted by Crippen LogP contribution is 2.29. The molecule has 0 saturated carbocycles. The predicted molar refractivity (Wildman–Crippen MR) is 113 cm³/mol. The molecule has 0 unspecified atom stereocenters. The van der Waals surface area contributed by atoms with Gasteiger partial charge in [-0.1, -0.05) is 13.8 Å². The Bertz CT molecular complexity index is 974. The maximum Gasteiger partial charge on any atom is 0.332 e. The summed E-state index contributed by atoms with van der Waals surface area (Å²) in [7, 11) is 1.61. The first-order valence-electron chi connectivity index (χ1n) is 9.12. The second kappa shape index (κ2) is 8.12. The zero-order chi connectivity index (χ0) is 19.7. The third-order valence-electron chi connectivity index (χ3n) is 4.74. The van der Waals surface area contributed by atoms with E-state index in [0.29, 0.717) is 31.6 Å². The normalized spacial score (nSPS) is 14.6. The quantitative estimate of drug-likeness (QED) is 0.698. The minimum absolute atomic E-state index is 0.195. The molecule has 0 radical (unpaired) electrons. The number of rotatable bonds is 7. The Morgan fingerprint density at radius 2 is 2.04 bits per heavy atom. The maximum atomic E-state index is 13.1. The summed E-state index contributed by atoms with van der Waals surface area (Å²) in [6.07, 6.45) is 0. The molecule has 1 fully saturated rings. The Balaban J connectivity index is 2.18. The number of ether oxygens (including phenoxy) is 1. The molecule has 0 aromatic carbocycles. The van der Waals surface area contributed by atoms with Crippen LogP contribution in [0.25, 0.3) is 10.2 Å². The van der Waals surface area contributed by atoms with Crippen LogP contribution in [0.5, 0.6) is 0 Å². The summed E-state index contributed by atoms with van der Waals surface area (Å²) in [4.78, 5) is 30.0. The van der Waals surface area contributed by atoms with E-state index in [9.17, 15) is 9.59 Å². The highest BCUT2D eigenvalue weighted by Gasteiger charge is 2.23. The van der Waals surface area contributed by atoms with Crippen LogP contribution < -0.4 is 16.6 Å². The molecule has 0 spiro atoms. The van der Waals surface area contributed by atoms with Crippen LogP contribution in [-0.4, -0.2) is 46.0 Å². The number of aromatic nitrogens is 2.